The number of ether oxygens (including phenoxy) is 2. The number of hydrogen-bond acceptors (Lipinski definition) is 6. The molecule has 0 saturated carbocycles. The molecule has 0 radical (unpaired) electrons. The van der Waals surface area contributed by atoms with Gasteiger partial charge in [0.15, 0.2) is 0 Å². The predicted molar refractivity (Wildman–Crippen MR) is 120 cm³/mol. The first-order chi connectivity index (χ1) is 15.5. The Labute approximate surface area is 191 Å². The lowest BCUT2D eigenvalue weighted by atomic mass is 10.1. The molecule has 9 heteroatoms. The van der Waals surface area contributed by atoms with Crippen molar-refractivity contribution in [3.63, 3.8) is 0 Å². The molecule has 0 bridgehead atoms. The van der Waals surface area contributed by atoms with Gasteiger partial charge in [-0.1, -0.05) is 6.07 Å². The van der Waals surface area contributed by atoms with Crippen LogP contribution in [0.1, 0.15) is 32.9 Å². The van der Waals surface area contributed by atoms with Gasteiger partial charge in [-0.25, -0.2) is 0 Å². The van der Waals surface area contributed by atoms with E-state index in [1.165, 1.54) is 11.3 Å². The summed E-state index contributed by atoms with van der Waals surface area (Å²) in [6.45, 7) is 2.38. The maximum atomic E-state index is 13.2. The van der Waals surface area contributed by atoms with E-state index in [1.54, 1.807) is 53.2 Å². The normalized spacial score (nSPS) is 18.6. The molecule has 2 saturated heterocycles. The number of piperazine rings is 1. The molecule has 0 aliphatic carbocycles. The van der Waals surface area contributed by atoms with Crippen molar-refractivity contribution in [2.45, 2.75) is 18.9 Å². The van der Waals surface area contributed by atoms with Crippen LogP contribution in [0.15, 0.2) is 35.7 Å². The molecule has 4 rings (SSSR count). The summed E-state index contributed by atoms with van der Waals surface area (Å²) in [5, 5.41) is 1.87. The van der Waals surface area contributed by atoms with Crippen LogP contribution in [0.25, 0.3) is 0 Å². The first-order valence-corrected chi connectivity index (χ1v) is 11.6. The van der Waals surface area contributed by atoms with Crippen LogP contribution >= 0.6 is 11.3 Å². The summed E-state index contributed by atoms with van der Waals surface area (Å²) in [6, 6.07) is 8.32. The van der Waals surface area contributed by atoms with Gasteiger partial charge in [-0.05, 0) is 36.4 Å². The Hall–Kier alpha value is -3.07. The van der Waals surface area contributed by atoms with Gasteiger partial charge in [0, 0.05) is 44.4 Å². The lowest BCUT2D eigenvalue weighted by Crippen LogP contribution is -2.55. The van der Waals surface area contributed by atoms with Crippen LogP contribution in [0.4, 0.5) is 0 Å². The predicted octanol–water partition coefficient (Wildman–Crippen LogP) is 2.35. The van der Waals surface area contributed by atoms with Crippen LogP contribution in [-0.2, 0) is 4.79 Å². The number of benzene rings is 1. The van der Waals surface area contributed by atoms with E-state index >= 15 is 0 Å². The van der Waals surface area contributed by atoms with Gasteiger partial charge < -0.3 is 24.2 Å². The van der Waals surface area contributed by atoms with Crippen LogP contribution in [0.5, 0.6) is 11.5 Å². The summed E-state index contributed by atoms with van der Waals surface area (Å²) in [5.41, 5.74) is 0.490. The van der Waals surface area contributed by atoms with Gasteiger partial charge in [-0.2, -0.15) is 0 Å². The second kappa shape index (κ2) is 9.60. The summed E-state index contributed by atoms with van der Waals surface area (Å²) < 4.78 is 10.5. The van der Waals surface area contributed by atoms with E-state index in [9.17, 15) is 14.4 Å². The van der Waals surface area contributed by atoms with E-state index in [2.05, 4.69) is 0 Å². The zero-order valence-electron chi connectivity index (χ0n) is 18.3. The van der Waals surface area contributed by atoms with E-state index in [-0.39, 0.29) is 17.7 Å². The second-order valence-corrected chi connectivity index (χ2v) is 8.80. The Morgan fingerprint density at radius 2 is 1.56 bits per heavy atom. The number of amides is 3. The minimum atomic E-state index is -0.422. The summed E-state index contributed by atoms with van der Waals surface area (Å²) in [4.78, 5) is 44.9. The number of methoxy groups -OCH3 is 2. The monoisotopic (exact) mass is 457 g/mol. The molecule has 2 aliphatic heterocycles. The highest BCUT2D eigenvalue weighted by molar-refractivity contribution is 7.12. The second-order valence-electron chi connectivity index (χ2n) is 7.85. The molecule has 0 N–H and O–H groups in total. The van der Waals surface area contributed by atoms with Crippen LogP contribution < -0.4 is 9.47 Å². The van der Waals surface area contributed by atoms with Crippen molar-refractivity contribution in [3.8, 4) is 11.5 Å². The SMILES string of the molecule is COc1cc(OC)cc(C(=O)N2CCN(C(=O)[C@@H]3CCCN3C(=O)c3cccs3)CC2)c1. The molecule has 1 atom stereocenters. The molecule has 170 valence electrons. The highest BCUT2D eigenvalue weighted by atomic mass is 32.1. The fraction of sp³-hybridized carbons (Fsp3) is 0.435. The number of hydrogen-bond donors (Lipinski definition) is 0. The molecule has 0 spiro atoms. The topological polar surface area (TPSA) is 79.4 Å². The third kappa shape index (κ3) is 4.43. The number of thiophene rings is 1. The van der Waals surface area contributed by atoms with Crippen LogP contribution in [-0.4, -0.2) is 85.4 Å². The average molecular weight is 458 g/mol. The Morgan fingerprint density at radius 1 is 0.906 bits per heavy atom. The van der Waals surface area contributed by atoms with Crippen molar-refractivity contribution >= 4 is 29.1 Å². The quantitative estimate of drug-likeness (QED) is 0.689. The van der Waals surface area contributed by atoms with Crippen molar-refractivity contribution in [2.75, 3.05) is 46.9 Å². The van der Waals surface area contributed by atoms with Crippen LogP contribution in [0.2, 0.25) is 0 Å². The Balaban J connectivity index is 1.38. The van der Waals surface area contributed by atoms with Gasteiger partial charge in [-0.3, -0.25) is 14.4 Å². The van der Waals surface area contributed by atoms with E-state index in [1.807, 2.05) is 11.4 Å². The van der Waals surface area contributed by atoms with Crippen molar-refractivity contribution in [2.24, 2.45) is 0 Å². The molecular weight excluding hydrogens is 430 g/mol. The molecule has 3 amide bonds. The summed E-state index contributed by atoms with van der Waals surface area (Å²) in [5.74, 6) is 0.889. The van der Waals surface area contributed by atoms with E-state index in [0.717, 1.165) is 6.42 Å². The molecule has 0 unspecified atom stereocenters. The Bertz CT molecular complexity index is 963. The fourth-order valence-electron chi connectivity index (χ4n) is 4.26. The maximum absolute atomic E-state index is 13.2. The summed E-state index contributed by atoms with van der Waals surface area (Å²) in [7, 11) is 3.09. The number of rotatable bonds is 5. The van der Waals surface area contributed by atoms with Gasteiger partial charge >= 0.3 is 0 Å². The lowest BCUT2D eigenvalue weighted by molar-refractivity contribution is -0.136. The van der Waals surface area contributed by atoms with Gasteiger partial charge in [0.25, 0.3) is 11.8 Å². The van der Waals surface area contributed by atoms with Gasteiger partial charge in [-0.15, -0.1) is 11.3 Å². The molecule has 2 fully saturated rings. The average Bonchev–Trinajstić information content (AvgIpc) is 3.55. The largest absolute Gasteiger partial charge is 0.497 e. The third-order valence-electron chi connectivity index (χ3n) is 6.01. The Morgan fingerprint density at radius 3 is 2.16 bits per heavy atom. The molecule has 32 heavy (non-hydrogen) atoms. The smallest absolute Gasteiger partial charge is 0.264 e. The van der Waals surface area contributed by atoms with Gasteiger partial charge in [0.1, 0.15) is 17.5 Å². The van der Waals surface area contributed by atoms with E-state index < -0.39 is 6.04 Å². The van der Waals surface area contributed by atoms with Crippen molar-refractivity contribution < 1.29 is 23.9 Å². The maximum Gasteiger partial charge on any atom is 0.264 e. The van der Waals surface area contributed by atoms with Gasteiger partial charge in [0.05, 0.1) is 19.1 Å². The minimum Gasteiger partial charge on any atom is -0.497 e. The number of carbonyl (C=O) groups excluding carboxylic acids is 3. The number of likely N-dealkylation sites (tertiary alicyclic amines) is 1. The standard InChI is InChI=1S/C23H27N3O5S/c1-30-17-13-16(14-18(15-17)31-2)21(27)24-8-10-25(11-9-24)22(28)19-5-3-7-26(19)23(29)20-6-4-12-32-20/h4,6,12-15,19H,3,5,7-11H2,1-2H3/t19-/m0/s1. The zero-order valence-corrected chi connectivity index (χ0v) is 19.1. The molecule has 2 aliphatic rings. The summed E-state index contributed by atoms with van der Waals surface area (Å²) >= 11 is 1.40. The molecule has 3 heterocycles. The van der Waals surface area contributed by atoms with Crippen LogP contribution in [0.3, 0.4) is 0 Å². The molecular formula is C23H27N3O5S. The van der Waals surface area contributed by atoms with Gasteiger partial charge in [0.2, 0.25) is 5.91 Å². The molecule has 1 aromatic heterocycles. The van der Waals surface area contributed by atoms with E-state index in [4.69, 9.17) is 9.47 Å². The number of carbonyl (C=O) groups is 3. The first-order valence-electron chi connectivity index (χ1n) is 10.7. The first kappa shape index (κ1) is 22.1. The molecule has 8 nitrogen and oxygen atoms in total. The Kier molecular flexibility index (Phi) is 6.64. The van der Waals surface area contributed by atoms with Crippen molar-refractivity contribution in [1.29, 1.82) is 0 Å². The molecule has 2 aromatic rings. The fourth-order valence-corrected chi connectivity index (χ4v) is 4.94. The zero-order chi connectivity index (χ0) is 22.7. The van der Waals surface area contributed by atoms with E-state index in [0.29, 0.717) is 61.1 Å². The van der Waals surface area contributed by atoms with Crippen molar-refractivity contribution in [3.05, 3.63) is 46.2 Å². The van der Waals surface area contributed by atoms with Crippen molar-refractivity contribution in [1.82, 2.24) is 14.7 Å². The highest BCUT2D eigenvalue weighted by Gasteiger charge is 2.38. The highest BCUT2D eigenvalue weighted by Crippen LogP contribution is 2.26. The summed E-state index contributed by atoms with van der Waals surface area (Å²) in [6.07, 6.45) is 1.50. The lowest BCUT2D eigenvalue weighted by Gasteiger charge is -2.37. The van der Waals surface area contributed by atoms with Crippen LogP contribution in [0, 0.1) is 0 Å². The number of nitrogens with zero attached hydrogens (tertiary/aromatic N) is 3. The minimum absolute atomic E-state index is 0.0254. The molecule has 1 aromatic carbocycles. The third-order valence-corrected chi connectivity index (χ3v) is 6.87.